The van der Waals surface area contributed by atoms with Gasteiger partial charge in [-0.2, -0.15) is 0 Å². The third kappa shape index (κ3) is 4.14. The summed E-state index contributed by atoms with van der Waals surface area (Å²) in [6.45, 7) is 4.17. The number of carbonyl (C=O) groups is 2. The van der Waals surface area contributed by atoms with Gasteiger partial charge in [-0.1, -0.05) is 6.07 Å². The average Bonchev–Trinajstić information content (AvgIpc) is 2.65. The number of rotatable bonds is 4. The van der Waals surface area contributed by atoms with Crippen LogP contribution in [0, 0.1) is 12.7 Å². The van der Waals surface area contributed by atoms with Crippen LogP contribution in [0.3, 0.4) is 0 Å². The summed E-state index contributed by atoms with van der Waals surface area (Å²) in [6.07, 6.45) is 1.52. The van der Waals surface area contributed by atoms with Gasteiger partial charge in [0.25, 0.3) is 11.5 Å². The lowest BCUT2D eigenvalue weighted by Gasteiger charge is -2.34. The van der Waals surface area contributed by atoms with Crippen molar-refractivity contribution in [3.05, 3.63) is 69.9 Å². The van der Waals surface area contributed by atoms with Crippen LogP contribution in [0.2, 0.25) is 0 Å². The molecular formula is C20H22FN3O3. The van der Waals surface area contributed by atoms with Crippen LogP contribution >= 0.6 is 0 Å². The summed E-state index contributed by atoms with van der Waals surface area (Å²) in [5.41, 5.74) is 0.526. The number of nitrogens with zero attached hydrogens (tertiary/aromatic N) is 3. The minimum Gasteiger partial charge on any atom is -0.338 e. The molecule has 1 aliphatic heterocycles. The fraction of sp³-hybridized carbons (Fsp3) is 0.350. The minimum atomic E-state index is -1.30. The van der Waals surface area contributed by atoms with E-state index in [1.54, 1.807) is 17.9 Å². The van der Waals surface area contributed by atoms with Gasteiger partial charge in [-0.15, -0.1) is 0 Å². The first kappa shape index (κ1) is 19.0. The third-order valence-electron chi connectivity index (χ3n) is 4.79. The molecule has 1 aromatic carbocycles. The Balaban J connectivity index is 2.02. The summed E-state index contributed by atoms with van der Waals surface area (Å²) in [5.74, 6) is -1.40. The zero-order chi connectivity index (χ0) is 19.6. The van der Waals surface area contributed by atoms with E-state index < -0.39 is 29.1 Å². The number of halogens is 1. The number of Topliss-reactive ketones (excluding diaryl/α,β-unsaturated/α-hetero) is 1. The van der Waals surface area contributed by atoms with Gasteiger partial charge in [-0.3, -0.25) is 19.0 Å². The lowest BCUT2D eigenvalue weighted by Crippen LogP contribution is -2.51. The van der Waals surface area contributed by atoms with Gasteiger partial charge in [0.15, 0.2) is 11.8 Å². The highest BCUT2D eigenvalue weighted by Gasteiger charge is 2.34. The Morgan fingerprint density at radius 2 is 1.63 bits per heavy atom. The number of aryl methyl sites for hydroxylation is 1. The monoisotopic (exact) mass is 371 g/mol. The van der Waals surface area contributed by atoms with Crippen LogP contribution in [-0.2, 0) is 4.79 Å². The van der Waals surface area contributed by atoms with Crippen molar-refractivity contribution in [2.75, 3.05) is 33.2 Å². The van der Waals surface area contributed by atoms with Gasteiger partial charge < -0.3 is 9.80 Å². The maximum Gasteiger partial charge on any atom is 0.253 e. The molecule has 1 saturated heterocycles. The second kappa shape index (κ2) is 7.84. The number of aromatic nitrogens is 1. The fourth-order valence-electron chi connectivity index (χ4n) is 3.15. The Morgan fingerprint density at radius 3 is 2.26 bits per heavy atom. The summed E-state index contributed by atoms with van der Waals surface area (Å²) in [6, 6.07) is 6.70. The van der Waals surface area contributed by atoms with E-state index in [9.17, 15) is 18.8 Å². The smallest absolute Gasteiger partial charge is 0.253 e. The predicted octanol–water partition coefficient (Wildman–Crippen LogP) is 1.49. The quantitative estimate of drug-likeness (QED) is 0.604. The number of hydrogen-bond donors (Lipinski definition) is 0. The van der Waals surface area contributed by atoms with Crippen LogP contribution in [0.1, 0.15) is 22.0 Å². The van der Waals surface area contributed by atoms with E-state index in [1.807, 2.05) is 7.05 Å². The Kier molecular flexibility index (Phi) is 5.51. The summed E-state index contributed by atoms with van der Waals surface area (Å²) in [4.78, 5) is 42.5. The molecule has 0 aliphatic carbocycles. The average molecular weight is 371 g/mol. The molecule has 142 valence electrons. The molecule has 1 aromatic heterocycles. The highest BCUT2D eigenvalue weighted by atomic mass is 19.1. The molecule has 7 heteroatoms. The van der Waals surface area contributed by atoms with Crippen molar-refractivity contribution in [2.24, 2.45) is 0 Å². The van der Waals surface area contributed by atoms with Crippen molar-refractivity contribution >= 4 is 11.7 Å². The number of hydrogen-bond acceptors (Lipinski definition) is 4. The predicted molar refractivity (Wildman–Crippen MR) is 99.3 cm³/mol. The topological polar surface area (TPSA) is 62.6 Å². The van der Waals surface area contributed by atoms with E-state index in [2.05, 4.69) is 4.90 Å². The van der Waals surface area contributed by atoms with Crippen molar-refractivity contribution in [3.63, 3.8) is 0 Å². The maximum atomic E-state index is 13.2. The normalized spacial score (nSPS) is 16.2. The van der Waals surface area contributed by atoms with Crippen LogP contribution < -0.4 is 5.56 Å². The molecule has 1 aliphatic rings. The van der Waals surface area contributed by atoms with Crippen LogP contribution in [0.4, 0.5) is 4.39 Å². The van der Waals surface area contributed by atoms with Gasteiger partial charge in [0.2, 0.25) is 0 Å². The van der Waals surface area contributed by atoms with Crippen molar-refractivity contribution in [2.45, 2.75) is 13.0 Å². The van der Waals surface area contributed by atoms with Crippen LogP contribution in [0.25, 0.3) is 0 Å². The van der Waals surface area contributed by atoms with Crippen molar-refractivity contribution in [1.82, 2.24) is 14.4 Å². The van der Waals surface area contributed by atoms with E-state index in [0.717, 1.165) is 5.56 Å². The van der Waals surface area contributed by atoms with E-state index in [4.69, 9.17) is 0 Å². The maximum absolute atomic E-state index is 13.2. The molecule has 1 amide bonds. The van der Waals surface area contributed by atoms with Gasteiger partial charge in [-0.25, -0.2) is 4.39 Å². The number of benzene rings is 1. The molecule has 0 N–H and O–H groups in total. The summed E-state index contributed by atoms with van der Waals surface area (Å²) in [5, 5.41) is 0. The summed E-state index contributed by atoms with van der Waals surface area (Å²) < 4.78 is 14.4. The highest BCUT2D eigenvalue weighted by Crippen LogP contribution is 2.18. The molecule has 2 heterocycles. The minimum absolute atomic E-state index is 0.192. The first-order valence-electron chi connectivity index (χ1n) is 8.83. The van der Waals surface area contributed by atoms with Gasteiger partial charge in [0, 0.05) is 44.0 Å². The van der Waals surface area contributed by atoms with Crippen molar-refractivity contribution in [1.29, 1.82) is 0 Å². The molecule has 3 rings (SSSR count). The Morgan fingerprint density at radius 1 is 1.00 bits per heavy atom. The van der Waals surface area contributed by atoms with Crippen molar-refractivity contribution in [3.8, 4) is 0 Å². The van der Waals surface area contributed by atoms with Gasteiger partial charge >= 0.3 is 0 Å². The molecule has 0 spiro atoms. The summed E-state index contributed by atoms with van der Waals surface area (Å²) in [7, 11) is 1.97. The first-order chi connectivity index (χ1) is 12.9. The number of ketones is 1. The van der Waals surface area contributed by atoms with E-state index >= 15 is 0 Å². The molecular weight excluding hydrogens is 349 g/mol. The standard InChI is InChI=1S/C20H22FN3O3/c1-14-3-8-17(25)24(13-14)18(19(26)15-4-6-16(21)7-5-15)20(27)23-11-9-22(2)10-12-23/h3-8,13,18H,9-12H2,1-2H3/t18-/m0/s1. The van der Waals surface area contributed by atoms with Gasteiger partial charge in [0.05, 0.1) is 0 Å². The molecule has 0 radical (unpaired) electrons. The van der Waals surface area contributed by atoms with E-state index in [1.165, 1.54) is 41.1 Å². The first-order valence-corrected chi connectivity index (χ1v) is 8.83. The molecule has 2 aromatic rings. The molecule has 0 bridgehead atoms. The van der Waals surface area contributed by atoms with Gasteiger partial charge in [0.1, 0.15) is 5.82 Å². The number of likely N-dealkylation sites (N-methyl/N-ethyl adjacent to an activating group) is 1. The largest absolute Gasteiger partial charge is 0.338 e. The highest BCUT2D eigenvalue weighted by molar-refractivity contribution is 6.11. The third-order valence-corrected chi connectivity index (χ3v) is 4.79. The van der Waals surface area contributed by atoms with Crippen LogP contribution in [0.15, 0.2) is 47.4 Å². The molecule has 0 unspecified atom stereocenters. The van der Waals surface area contributed by atoms with E-state index in [0.29, 0.717) is 26.2 Å². The van der Waals surface area contributed by atoms with Crippen LogP contribution in [0.5, 0.6) is 0 Å². The Bertz CT molecular complexity index is 899. The molecule has 27 heavy (non-hydrogen) atoms. The molecule has 0 saturated carbocycles. The molecule has 1 atom stereocenters. The summed E-state index contributed by atoms with van der Waals surface area (Å²) >= 11 is 0. The second-order valence-corrected chi connectivity index (χ2v) is 6.85. The lowest BCUT2D eigenvalue weighted by atomic mass is 10.0. The number of carbonyl (C=O) groups excluding carboxylic acids is 2. The van der Waals surface area contributed by atoms with E-state index in [-0.39, 0.29) is 5.56 Å². The second-order valence-electron chi connectivity index (χ2n) is 6.85. The fourth-order valence-corrected chi connectivity index (χ4v) is 3.15. The number of amides is 1. The molecule has 1 fully saturated rings. The van der Waals surface area contributed by atoms with Gasteiger partial charge in [-0.05, 0) is 43.8 Å². The number of pyridine rings is 1. The Labute approximate surface area is 156 Å². The Hall–Kier alpha value is -2.80. The van der Waals surface area contributed by atoms with Crippen molar-refractivity contribution < 1.29 is 14.0 Å². The number of piperazine rings is 1. The molecule has 6 nitrogen and oxygen atoms in total. The zero-order valence-corrected chi connectivity index (χ0v) is 15.4. The van der Waals surface area contributed by atoms with Crippen LogP contribution in [-0.4, -0.2) is 59.3 Å². The lowest BCUT2D eigenvalue weighted by molar-refractivity contribution is -0.135. The SMILES string of the molecule is Cc1ccc(=O)n([C@@H](C(=O)c2ccc(F)cc2)C(=O)N2CCN(C)CC2)c1. The zero-order valence-electron chi connectivity index (χ0n) is 15.4.